The van der Waals surface area contributed by atoms with Gasteiger partial charge in [0.25, 0.3) is 5.91 Å². The number of hydrogen-bond acceptors (Lipinski definition) is 3. The fourth-order valence-corrected chi connectivity index (χ4v) is 3.04. The Hall–Kier alpha value is -3.29. The molecule has 0 bridgehead atoms. The molecule has 0 fully saturated rings. The Balaban J connectivity index is 1.95. The van der Waals surface area contributed by atoms with Gasteiger partial charge in [0.2, 0.25) is 0 Å². The molecular weight excluding hydrogens is 383 g/mol. The highest BCUT2D eigenvalue weighted by atomic mass is 19.4. The largest absolute Gasteiger partial charge is 0.573 e. The maximum Gasteiger partial charge on any atom is 0.573 e. The monoisotopic (exact) mass is 403 g/mol. The van der Waals surface area contributed by atoms with Crippen LogP contribution < -0.4 is 4.74 Å². The average molecular weight is 403 g/mol. The van der Waals surface area contributed by atoms with Gasteiger partial charge in [0.05, 0.1) is 12.5 Å². The number of alkyl halides is 3. The number of aromatic nitrogens is 2. The third kappa shape index (κ3) is 4.77. The second-order valence-corrected chi connectivity index (χ2v) is 6.25. The van der Waals surface area contributed by atoms with Crippen LogP contribution in [0.5, 0.6) is 5.75 Å². The van der Waals surface area contributed by atoms with Crippen LogP contribution in [-0.2, 0) is 0 Å². The van der Waals surface area contributed by atoms with Crippen LogP contribution in [0.4, 0.5) is 13.2 Å². The summed E-state index contributed by atoms with van der Waals surface area (Å²) in [6.45, 7) is 4.95. The lowest BCUT2D eigenvalue weighted by molar-refractivity contribution is -0.274. The minimum Gasteiger partial charge on any atom is -0.406 e. The van der Waals surface area contributed by atoms with Crippen molar-refractivity contribution in [1.82, 2.24) is 14.5 Å². The van der Waals surface area contributed by atoms with E-state index >= 15 is 0 Å². The molecule has 8 heteroatoms. The predicted molar refractivity (Wildman–Crippen MR) is 103 cm³/mol. The summed E-state index contributed by atoms with van der Waals surface area (Å²) in [6, 6.07) is 12.9. The van der Waals surface area contributed by atoms with Crippen LogP contribution in [0.1, 0.15) is 24.3 Å². The molecule has 0 spiro atoms. The third-order valence-electron chi connectivity index (χ3n) is 4.43. The summed E-state index contributed by atoms with van der Waals surface area (Å²) < 4.78 is 43.2. The first kappa shape index (κ1) is 20.4. The number of carbonyl (C=O) groups is 1. The van der Waals surface area contributed by atoms with Crippen molar-refractivity contribution < 1.29 is 22.7 Å². The molecule has 0 aliphatic carbocycles. The number of imidazole rings is 1. The average Bonchev–Trinajstić information content (AvgIpc) is 3.18. The van der Waals surface area contributed by atoms with Crippen LogP contribution in [0.25, 0.3) is 16.8 Å². The normalized spacial score (nSPS) is 11.3. The van der Waals surface area contributed by atoms with E-state index in [1.54, 1.807) is 46.1 Å². The van der Waals surface area contributed by atoms with E-state index < -0.39 is 6.36 Å². The summed E-state index contributed by atoms with van der Waals surface area (Å²) in [5.74, 6) is -0.432. The maximum atomic E-state index is 12.7. The van der Waals surface area contributed by atoms with E-state index in [9.17, 15) is 18.0 Å². The predicted octanol–water partition coefficient (Wildman–Crippen LogP) is 4.92. The second-order valence-electron chi connectivity index (χ2n) is 6.25. The van der Waals surface area contributed by atoms with Gasteiger partial charge in [0, 0.05) is 18.8 Å². The van der Waals surface area contributed by atoms with Crippen LogP contribution >= 0.6 is 0 Å². The molecule has 0 aliphatic rings. The summed E-state index contributed by atoms with van der Waals surface area (Å²) in [7, 11) is 0. The van der Waals surface area contributed by atoms with E-state index in [4.69, 9.17) is 0 Å². The molecule has 0 unspecified atom stereocenters. The van der Waals surface area contributed by atoms with Gasteiger partial charge in [-0.25, -0.2) is 4.98 Å². The fourth-order valence-electron chi connectivity index (χ4n) is 3.04. The summed E-state index contributed by atoms with van der Waals surface area (Å²) in [5.41, 5.74) is 2.34. The fraction of sp³-hybridized carbons (Fsp3) is 0.238. The zero-order valence-corrected chi connectivity index (χ0v) is 16.0. The Kier molecular flexibility index (Phi) is 5.91. The van der Waals surface area contributed by atoms with Crippen LogP contribution in [0.15, 0.2) is 61.1 Å². The molecule has 29 heavy (non-hydrogen) atoms. The van der Waals surface area contributed by atoms with Gasteiger partial charge in [-0.2, -0.15) is 0 Å². The Bertz CT molecular complexity index is 995. The highest BCUT2D eigenvalue weighted by Gasteiger charge is 2.31. The molecule has 0 saturated carbocycles. The molecule has 0 N–H and O–H groups in total. The number of benzene rings is 2. The number of ether oxygens (including phenoxy) is 1. The minimum atomic E-state index is -4.75. The lowest BCUT2D eigenvalue weighted by Crippen LogP contribution is -2.31. The molecule has 0 saturated heterocycles. The molecule has 1 amide bonds. The van der Waals surface area contributed by atoms with Gasteiger partial charge in [-0.3, -0.25) is 9.36 Å². The van der Waals surface area contributed by atoms with E-state index in [1.807, 2.05) is 13.8 Å². The van der Waals surface area contributed by atoms with E-state index in [2.05, 4.69) is 9.72 Å². The first-order chi connectivity index (χ1) is 13.8. The van der Waals surface area contributed by atoms with Gasteiger partial charge in [-0.1, -0.05) is 24.3 Å². The molecule has 3 aromatic rings. The lowest BCUT2D eigenvalue weighted by atomic mass is 10.0. The summed E-state index contributed by atoms with van der Waals surface area (Å²) in [6.07, 6.45) is -1.71. The van der Waals surface area contributed by atoms with Gasteiger partial charge >= 0.3 is 6.36 Å². The summed E-state index contributed by atoms with van der Waals surface area (Å²) in [5, 5.41) is 0. The topological polar surface area (TPSA) is 47.4 Å². The van der Waals surface area contributed by atoms with Gasteiger partial charge in [-0.05, 0) is 49.2 Å². The number of halogens is 3. The van der Waals surface area contributed by atoms with Crippen molar-refractivity contribution in [2.45, 2.75) is 20.2 Å². The Morgan fingerprint density at radius 3 is 2.38 bits per heavy atom. The van der Waals surface area contributed by atoms with Crippen LogP contribution in [0.3, 0.4) is 0 Å². The van der Waals surface area contributed by atoms with Crippen LogP contribution in [0.2, 0.25) is 0 Å². The Morgan fingerprint density at radius 1 is 1.07 bits per heavy atom. The second kappa shape index (κ2) is 8.38. The molecule has 5 nitrogen and oxygen atoms in total. The van der Waals surface area contributed by atoms with Crippen molar-refractivity contribution in [1.29, 1.82) is 0 Å². The first-order valence-corrected chi connectivity index (χ1v) is 9.10. The molecule has 0 aliphatic heterocycles. The molecule has 3 rings (SSSR count). The molecule has 0 atom stereocenters. The van der Waals surface area contributed by atoms with Crippen molar-refractivity contribution in [3.05, 3.63) is 66.7 Å². The molecule has 1 heterocycles. The van der Waals surface area contributed by atoms with E-state index in [0.29, 0.717) is 35.6 Å². The van der Waals surface area contributed by atoms with Crippen molar-refractivity contribution in [3.8, 4) is 22.6 Å². The van der Waals surface area contributed by atoms with Crippen LogP contribution in [0, 0.1) is 0 Å². The molecular formula is C21H20F3N3O2. The highest BCUT2D eigenvalue weighted by molar-refractivity contribution is 5.93. The summed E-state index contributed by atoms with van der Waals surface area (Å²) in [4.78, 5) is 18.5. The van der Waals surface area contributed by atoms with E-state index in [0.717, 1.165) is 0 Å². The molecule has 2 aromatic carbocycles. The minimum absolute atomic E-state index is 0.140. The Morgan fingerprint density at radius 2 is 1.72 bits per heavy atom. The first-order valence-electron chi connectivity index (χ1n) is 9.10. The van der Waals surface area contributed by atoms with Crippen molar-refractivity contribution in [2.24, 2.45) is 0 Å². The molecule has 0 radical (unpaired) electrons. The zero-order chi connectivity index (χ0) is 21.0. The van der Waals surface area contributed by atoms with Gasteiger partial charge in [0.15, 0.2) is 0 Å². The van der Waals surface area contributed by atoms with Gasteiger partial charge in [0.1, 0.15) is 11.4 Å². The van der Waals surface area contributed by atoms with Crippen molar-refractivity contribution in [2.75, 3.05) is 13.1 Å². The van der Waals surface area contributed by atoms with E-state index in [1.165, 1.54) is 24.4 Å². The smallest absolute Gasteiger partial charge is 0.406 e. The number of nitrogens with zero attached hydrogens (tertiary/aromatic N) is 3. The van der Waals surface area contributed by atoms with Gasteiger partial charge in [-0.15, -0.1) is 13.2 Å². The zero-order valence-electron chi connectivity index (χ0n) is 16.0. The molecule has 152 valence electrons. The van der Waals surface area contributed by atoms with Crippen LogP contribution in [-0.4, -0.2) is 39.8 Å². The Labute approximate surface area is 166 Å². The number of amides is 1. The standard InChI is InChI=1S/C21H20F3N3O2/c1-3-26(4-2)20(28)19-13-25-14-27(19)17-9-5-7-15(11-17)16-8-6-10-18(12-16)29-21(22,23)24/h5-14H,3-4H2,1-2H3. The third-order valence-corrected chi connectivity index (χ3v) is 4.43. The number of rotatable bonds is 6. The number of carbonyl (C=O) groups excluding carboxylic acids is 1. The van der Waals surface area contributed by atoms with Gasteiger partial charge < -0.3 is 9.64 Å². The van der Waals surface area contributed by atoms with Crippen molar-refractivity contribution in [3.63, 3.8) is 0 Å². The SMILES string of the molecule is CCN(CC)C(=O)c1cncn1-c1cccc(-c2cccc(OC(F)(F)F)c2)c1. The lowest BCUT2D eigenvalue weighted by Gasteiger charge is -2.19. The maximum absolute atomic E-state index is 12.7. The van der Waals surface area contributed by atoms with Crippen molar-refractivity contribution >= 4 is 5.91 Å². The highest BCUT2D eigenvalue weighted by Crippen LogP contribution is 2.29. The van der Waals surface area contributed by atoms with E-state index in [-0.39, 0.29) is 11.7 Å². The molecule has 1 aromatic heterocycles. The quantitative estimate of drug-likeness (QED) is 0.587. The number of hydrogen-bond donors (Lipinski definition) is 0. The summed E-state index contributed by atoms with van der Waals surface area (Å²) >= 11 is 0.